The van der Waals surface area contributed by atoms with Crippen molar-refractivity contribution in [2.24, 2.45) is 0 Å². The summed E-state index contributed by atoms with van der Waals surface area (Å²) in [6, 6.07) is 11.0. The highest BCUT2D eigenvalue weighted by Gasteiger charge is 2.29. The van der Waals surface area contributed by atoms with Gasteiger partial charge in [-0.3, -0.25) is 0 Å². The second-order valence-electron chi connectivity index (χ2n) is 5.92. The van der Waals surface area contributed by atoms with E-state index < -0.39 is 0 Å². The van der Waals surface area contributed by atoms with Gasteiger partial charge < -0.3 is 9.80 Å². The van der Waals surface area contributed by atoms with Gasteiger partial charge in [0.05, 0.1) is 6.04 Å². The van der Waals surface area contributed by atoms with Crippen molar-refractivity contribution < 1.29 is 0 Å². The van der Waals surface area contributed by atoms with Gasteiger partial charge in [-0.25, -0.2) is 15.0 Å². The summed E-state index contributed by atoms with van der Waals surface area (Å²) in [5, 5.41) is 0. The molecule has 1 unspecified atom stereocenters. The van der Waals surface area contributed by atoms with E-state index in [-0.39, 0.29) is 0 Å². The topological polar surface area (TPSA) is 45.2 Å². The first kappa shape index (κ1) is 15.8. The minimum absolute atomic E-state index is 0.294. The second-order valence-corrected chi connectivity index (χ2v) is 7.97. The van der Waals surface area contributed by atoms with E-state index in [9.17, 15) is 0 Å². The molecule has 3 heterocycles. The lowest BCUT2D eigenvalue weighted by Gasteiger charge is -2.41. The van der Waals surface area contributed by atoms with Crippen molar-refractivity contribution in [3.05, 3.63) is 42.2 Å². The first-order valence-electron chi connectivity index (χ1n) is 7.92. The summed E-state index contributed by atoms with van der Waals surface area (Å²) < 4.78 is 2.13. The number of hydrogen-bond donors (Lipinski definition) is 0. The normalized spacial score (nSPS) is 19.1. The molecule has 1 saturated heterocycles. The molecule has 3 aromatic rings. The molecule has 5 nitrogen and oxygen atoms in total. The lowest BCUT2D eigenvalue weighted by Crippen LogP contribution is -2.47. The van der Waals surface area contributed by atoms with Crippen LogP contribution in [-0.4, -0.2) is 52.8 Å². The van der Waals surface area contributed by atoms with Gasteiger partial charge in [-0.15, -0.1) is 11.3 Å². The van der Waals surface area contributed by atoms with Crippen LogP contribution >= 0.6 is 23.1 Å². The van der Waals surface area contributed by atoms with Crippen LogP contribution in [0.15, 0.2) is 41.0 Å². The quantitative estimate of drug-likeness (QED) is 0.670. The van der Waals surface area contributed by atoms with Crippen LogP contribution in [0.25, 0.3) is 10.3 Å². The number of benzene rings is 1. The number of likely N-dealkylation sites (N-methyl/N-ethyl adjacent to an activating group) is 1. The van der Waals surface area contributed by atoms with Crippen molar-refractivity contribution in [1.29, 1.82) is 0 Å². The predicted molar refractivity (Wildman–Crippen MR) is 101 cm³/mol. The standard InChI is InChI=1S/C17H19N5S2/c1-21-8-9-22(13(10-21)12-6-4-3-5-7-12)16-14-15(18-11-19-16)20-17(23-2)24-14/h3-7,11,13H,8-10H2,1-2H3. The molecule has 1 aliphatic rings. The van der Waals surface area contributed by atoms with E-state index in [1.165, 1.54) is 5.56 Å². The van der Waals surface area contributed by atoms with E-state index in [4.69, 9.17) is 0 Å². The maximum Gasteiger partial charge on any atom is 0.176 e. The Kier molecular flexibility index (Phi) is 4.39. The molecule has 0 saturated carbocycles. The monoisotopic (exact) mass is 357 g/mol. The number of piperazine rings is 1. The fourth-order valence-electron chi connectivity index (χ4n) is 3.15. The number of hydrogen-bond acceptors (Lipinski definition) is 7. The van der Waals surface area contributed by atoms with Crippen molar-refractivity contribution in [2.45, 2.75) is 10.4 Å². The van der Waals surface area contributed by atoms with Crippen LogP contribution in [-0.2, 0) is 0 Å². The van der Waals surface area contributed by atoms with Crippen molar-refractivity contribution in [2.75, 3.05) is 37.8 Å². The minimum Gasteiger partial charge on any atom is -0.346 e. The summed E-state index contributed by atoms with van der Waals surface area (Å²) in [6.45, 7) is 2.97. The Morgan fingerprint density at radius 2 is 2.00 bits per heavy atom. The molecule has 1 atom stereocenters. The minimum atomic E-state index is 0.294. The third-order valence-electron chi connectivity index (χ3n) is 4.37. The first-order chi connectivity index (χ1) is 11.8. The highest BCUT2D eigenvalue weighted by molar-refractivity contribution is 8.00. The molecule has 124 valence electrons. The lowest BCUT2D eigenvalue weighted by molar-refractivity contribution is 0.268. The third-order valence-corrected chi connectivity index (χ3v) is 6.39. The molecule has 0 spiro atoms. The maximum atomic E-state index is 4.64. The number of thioether (sulfide) groups is 1. The average Bonchev–Trinajstić information content (AvgIpc) is 3.06. The zero-order chi connectivity index (χ0) is 16.5. The summed E-state index contributed by atoms with van der Waals surface area (Å²) in [5.74, 6) is 1.01. The molecule has 7 heteroatoms. The fourth-order valence-corrected chi connectivity index (χ4v) is 4.67. The number of nitrogens with zero attached hydrogens (tertiary/aromatic N) is 5. The summed E-state index contributed by atoms with van der Waals surface area (Å²) in [7, 11) is 2.18. The fraction of sp³-hybridized carbons (Fsp3) is 0.353. The Morgan fingerprint density at radius 3 is 2.79 bits per heavy atom. The largest absolute Gasteiger partial charge is 0.346 e. The van der Waals surface area contributed by atoms with Gasteiger partial charge >= 0.3 is 0 Å². The van der Waals surface area contributed by atoms with E-state index in [0.717, 1.165) is 40.1 Å². The maximum absolute atomic E-state index is 4.64. The number of anilines is 1. The Hall–Kier alpha value is -1.70. The molecule has 1 fully saturated rings. The molecule has 0 bridgehead atoms. The number of rotatable bonds is 3. The molecule has 0 N–H and O–H groups in total. The van der Waals surface area contributed by atoms with Crippen LogP contribution in [0.3, 0.4) is 0 Å². The van der Waals surface area contributed by atoms with Gasteiger partial charge in [0.25, 0.3) is 0 Å². The van der Waals surface area contributed by atoms with Gasteiger partial charge in [0, 0.05) is 19.6 Å². The number of aromatic nitrogens is 3. The number of thiazole rings is 1. The van der Waals surface area contributed by atoms with E-state index >= 15 is 0 Å². The van der Waals surface area contributed by atoms with Crippen LogP contribution in [0.1, 0.15) is 11.6 Å². The van der Waals surface area contributed by atoms with E-state index in [1.807, 2.05) is 6.26 Å². The van der Waals surface area contributed by atoms with E-state index in [1.54, 1.807) is 29.4 Å². The van der Waals surface area contributed by atoms with Crippen molar-refractivity contribution in [1.82, 2.24) is 19.9 Å². The smallest absolute Gasteiger partial charge is 0.176 e. The molecule has 1 aliphatic heterocycles. The Bertz CT molecular complexity index is 835. The molecule has 0 radical (unpaired) electrons. The summed E-state index contributed by atoms with van der Waals surface area (Å²) in [6.07, 6.45) is 3.69. The molecule has 0 aliphatic carbocycles. The van der Waals surface area contributed by atoms with Gasteiger partial charge in [0.15, 0.2) is 15.8 Å². The molecular formula is C17H19N5S2. The van der Waals surface area contributed by atoms with Gasteiger partial charge in [0.2, 0.25) is 0 Å². The van der Waals surface area contributed by atoms with E-state index in [2.05, 4.69) is 62.1 Å². The molecule has 4 rings (SSSR count). The van der Waals surface area contributed by atoms with Gasteiger partial charge in [-0.05, 0) is 18.9 Å². The van der Waals surface area contributed by atoms with Gasteiger partial charge in [0.1, 0.15) is 11.0 Å². The van der Waals surface area contributed by atoms with Crippen molar-refractivity contribution >= 4 is 39.3 Å². The van der Waals surface area contributed by atoms with Crippen LogP contribution in [0, 0.1) is 0 Å². The Labute approximate surface area is 149 Å². The first-order valence-corrected chi connectivity index (χ1v) is 9.96. The van der Waals surface area contributed by atoms with Crippen molar-refractivity contribution in [3.63, 3.8) is 0 Å². The summed E-state index contributed by atoms with van der Waals surface area (Å²) in [4.78, 5) is 18.4. The zero-order valence-corrected chi connectivity index (χ0v) is 15.3. The highest BCUT2D eigenvalue weighted by Crippen LogP contribution is 2.37. The molecular weight excluding hydrogens is 338 g/mol. The summed E-state index contributed by atoms with van der Waals surface area (Å²) in [5.41, 5.74) is 2.13. The van der Waals surface area contributed by atoms with Crippen LogP contribution < -0.4 is 4.90 Å². The average molecular weight is 358 g/mol. The molecule has 1 aromatic carbocycles. The van der Waals surface area contributed by atoms with Crippen molar-refractivity contribution in [3.8, 4) is 0 Å². The molecule has 0 amide bonds. The van der Waals surface area contributed by atoms with Gasteiger partial charge in [-0.1, -0.05) is 42.1 Å². The molecule has 2 aromatic heterocycles. The Morgan fingerprint density at radius 1 is 1.17 bits per heavy atom. The highest BCUT2D eigenvalue weighted by atomic mass is 32.2. The second kappa shape index (κ2) is 6.66. The zero-order valence-electron chi connectivity index (χ0n) is 13.7. The summed E-state index contributed by atoms with van der Waals surface area (Å²) >= 11 is 3.35. The SMILES string of the molecule is CSc1nc2ncnc(N3CCN(C)CC3c3ccccc3)c2s1. The lowest BCUT2D eigenvalue weighted by atomic mass is 10.0. The van der Waals surface area contributed by atoms with E-state index in [0.29, 0.717) is 6.04 Å². The van der Waals surface area contributed by atoms with Gasteiger partial charge in [-0.2, -0.15) is 0 Å². The van der Waals surface area contributed by atoms with Crippen LogP contribution in [0.4, 0.5) is 5.82 Å². The number of fused-ring (bicyclic) bond motifs is 1. The Balaban J connectivity index is 1.80. The van der Waals surface area contributed by atoms with Crippen LogP contribution in [0.5, 0.6) is 0 Å². The molecule has 24 heavy (non-hydrogen) atoms. The van der Waals surface area contributed by atoms with Crippen LogP contribution in [0.2, 0.25) is 0 Å². The predicted octanol–water partition coefficient (Wildman–Crippen LogP) is 3.30. The third kappa shape index (κ3) is 2.87.